The minimum atomic E-state index is -0.690. The average Bonchev–Trinajstić information content (AvgIpc) is 3.00. The first-order valence-electron chi connectivity index (χ1n) is 10.0. The van der Waals surface area contributed by atoms with Crippen LogP contribution in [0.2, 0.25) is 0 Å². The van der Waals surface area contributed by atoms with E-state index in [1.165, 1.54) is 10.5 Å². The van der Waals surface area contributed by atoms with Crippen LogP contribution < -0.4 is 15.4 Å². The maximum absolute atomic E-state index is 12.6. The first-order valence-corrected chi connectivity index (χ1v) is 10.0. The molecule has 1 aliphatic rings. The topological polar surface area (TPSA) is 87.7 Å². The number of benzene rings is 2. The second kappa shape index (κ2) is 9.43. The summed E-state index contributed by atoms with van der Waals surface area (Å²) in [5.74, 6) is 0.624. The largest absolute Gasteiger partial charge is 0.497 e. The fraction of sp³-hybridized carbons (Fsp3) is 0.348. The second-order valence-electron chi connectivity index (χ2n) is 7.64. The summed E-state index contributed by atoms with van der Waals surface area (Å²) >= 11 is 0. The molecule has 7 heteroatoms. The predicted molar refractivity (Wildman–Crippen MR) is 114 cm³/mol. The zero-order valence-corrected chi connectivity index (χ0v) is 17.5. The van der Waals surface area contributed by atoms with Gasteiger partial charge in [-0.1, -0.05) is 38.1 Å². The monoisotopic (exact) mass is 409 g/mol. The number of rotatable bonds is 8. The van der Waals surface area contributed by atoms with Crippen molar-refractivity contribution >= 4 is 23.5 Å². The van der Waals surface area contributed by atoms with Crippen LogP contribution in [-0.4, -0.2) is 35.9 Å². The fourth-order valence-electron chi connectivity index (χ4n) is 3.29. The summed E-state index contributed by atoms with van der Waals surface area (Å²) in [6, 6.07) is 13.8. The Bertz CT molecular complexity index is 907. The third kappa shape index (κ3) is 5.17. The lowest BCUT2D eigenvalue weighted by molar-refractivity contribution is -0.128. The summed E-state index contributed by atoms with van der Waals surface area (Å²) in [7, 11) is 1.58. The number of hydrogen-bond donors (Lipinski definition) is 2. The highest BCUT2D eigenvalue weighted by Crippen LogP contribution is 2.19. The van der Waals surface area contributed by atoms with Crippen molar-refractivity contribution in [3.05, 3.63) is 59.7 Å². The molecule has 1 atom stereocenters. The van der Waals surface area contributed by atoms with Gasteiger partial charge in [0.2, 0.25) is 5.91 Å². The molecule has 2 aromatic carbocycles. The van der Waals surface area contributed by atoms with E-state index in [9.17, 15) is 14.4 Å². The van der Waals surface area contributed by atoms with Crippen molar-refractivity contribution in [2.75, 3.05) is 12.4 Å². The maximum atomic E-state index is 12.6. The summed E-state index contributed by atoms with van der Waals surface area (Å²) in [6.45, 7) is 4.40. The van der Waals surface area contributed by atoms with Crippen molar-refractivity contribution in [2.24, 2.45) is 0 Å². The number of imide groups is 1. The first-order chi connectivity index (χ1) is 14.4. The number of methoxy groups -OCH3 is 1. The van der Waals surface area contributed by atoms with Crippen molar-refractivity contribution in [3.63, 3.8) is 0 Å². The molecule has 1 fully saturated rings. The van der Waals surface area contributed by atoms with E-state index < -0.39 is 12.1 Å². The Morgan fingerprint density at radius 3 is 2.37 bits per heavy atom. The van der Waals surface area contributed by atoms with Gasteiger partial charge in [-0.2, -0.15) is 0 Å². The highest BCUT2D eigenvalue weighted by atomic mass is 16.5. The van der Waals surface area contributed by atoms with Crippen LogP contribution in [0.15, 0.2) is 48.5 Å². The molecule has 0 unspecified atom stereocenters. The molecule has 0 aromatic heterocycles. The lowest BCUT2D eigenvalue weighted by Gasteiger charge is -2.13. The Balaban J connectivity index is 1.51. The number of nitrogens with one attached hydrogen (secondary N) is 2. The summed E-state index contributed by atoms with van der Waals surface area (Å²) in [6.07, 6.45) is 0.387. The minimum Gasteiger partial charge on any atom is -0.497 e. The minimum absolute atomic E-state index is 0.138. The van der Waals surface area contributed by atoms with Crippen LogP contribution in [-0.2, 0) is 16.1 Å². The Labute approximate surface area is 176 Å². The van der Waals surface area contributed by atoms with Gasteiger partial charge < -0.3 is 15.4 Å². The Morgan fingerprint density at radius 1 is 1.10 bits per heavy atom. The highest BCUT2D eigenvalue weighted by molar-refractivity contribution is 6.04. The summed E-state index contributed by atoms with van der Waals surface area (Å²) in [5, 5.41) is 5.50. The van der Waals surface area contributed by atoms with E-state index >= 15 is 0 Å². The molecule has 2 N–H and O–H groups in total. The van der Waals surface area contributed by atoms with Crippen molar-refractivity contribution in [2.45, 2.75) is 45.2 Å². The molecule has 0 saturated carbocycles. The van der Waals surface area contributed by atoms with Gasteiger partial charge in [0.25, 0.3) is 5.91 Å². The van der Waals surface area contributed by atoms with Crippen molar-refractivity contribution < 1.29 is 19.1 Å². The summed E-state index contributed by atoms with van der Waals surface area (Å²) < 4.78 is 5.11. The molecule has 3 rings (SSSR count). The van der Waals surface area contributed by atoms with Crippen LogP contribution in [0.4, 0.5) is 10.5 Å². The molecular weight excluding hydrogens is 382 g/mol. The average molecular weight is 409 g/mol. The lowest BCUT2D eigenvalue weighted by Crippen LogP contribution is -2.31. The Hall–Kier alpha value is -3.35. The van der Waals surface area contributed by atoms with Gasteiger partial charge in [-0.25, -0.2) is 4.79 Å². The van der Waals surface area contributed by atoms with E-state index in [1.54, 1.807) is 19.2 Å². The van der Waals surface area contributed by atoms with E-state index in [0.717, 1.165) is 5.56 Å². The molecule has 0 spiro atoms. The Morgan fingerprint density at radius 2 is 1.77 bits per heavy atom. The van der Waals surface area contributed by atoms with Crippen LogP contribution >= 0.6 is 0 Å². The number of urea groups is 1. The van der Waals surface area contributed by atoms with Crippen LogP contribution in [0.3, 0.4) is 0 Å². The molecule has 1 heterocycles. The maximum Gasteiger partial charge on any atom is 0.325 e. The number of ether oxygens (including phenoxy) is 1. The van der Waals surface area contributed by atoms with E-state index in [2.05, 4.69) is 24.5 Å². The van der Waals surface area contributed by atoms with Gasteiger partial charge in [0.1, 0.15) is 11.8 Å². The fourth-order valence-corrected chi connectivity index (χ4v) is 3.29. The Kier molecular flexibility index (Phi) is 6.72. The third-order valence-electron chi connectivity index (χ3n) is 5.13. The molecule has 30 heavy (non-hydrogen) atoms. The lowest BCUT2D eigenvalue weighted by atomic mass is 10.0. The SMILES string of the molecule is COc1ccc(CN2C(=O)N[C@@H](CCC(=O)Nc3ccc(C(C)C)cc3)C2=O)cc1. The summed E-state index contributed by atoms with van der Waals surface area (Å²) in [5.41, 5.74) is 2.74. The standard InChI is InChI=1S/C23H27N3O4/c1-15(2)17-6-8-18(9-7-17)24-21(27)13-12-20-22(28)26(23(29)25-20)14-16-4-10-19(30-3)11-5-16/h4-11,15,20H,12-14H2,1-3H3,(H,24,27)(H,25,29)/t20-/m0/s1. The quantitative estimate of drug-likeness (QED) is 0.652. The number of carbonyl (C=O) groups is 3. The smallest absolute Gasteiger partial charge is 0.325 e. The van der Waals surface area contributed by atoms with Crippen LogP contribution in [0, 0.1) is 0 Å². The normalized spacial score (nSPS) is 16.0. The van der Waals surface area contributed by atoms with Gasteiger partial charge in [0.15, 0.2) is 0 Å². The third-order valence-corrected chi connectivity index (χ3v) is 5.13. The number of amides is 4. The number of hydrogen-bond acceptors (Lipinski definition) is 4. The molecule has 7 nitrogen and oxygen atoms in total. The van der Waals surface area contributed by atoms with Crippen LogP contribution in [0.5, 0.6) is 5.75 Å². The van der Waals surface area contributed by atoms with Crippen molar-refractivity contribution in [1.29, 1.82) is 0 Å². The van der Waals surface area contributed by atoms with Gasteiger partial charge in [-0.15, -0.1) is 0 Å². The zero-order valence-electron chi connectivity index (χ0n) is 17.5. The molecular formula is C23H27N3O4. The molecule has 2 aromatic rings. The molecule has 0 aliphatic carbocycles. The van der Waals surface area contributed by atoms with Gasteiger partial charge in [0.05, 0.1) is 13.7 Å². The zero-order chi connectivity index (χ0) is 21.7. The van der Waals surface area contributed by atoms with E-state index in [0.29, 0.717) is 17.4 Å². The van der Waals surface area contributed by atoms with Crippen LogP contribution in [0.25, 0.3) is 0 Å². The van der Waals surface area contributed by atoms with E-state index in [-0.39, 0.29) is 31.2 Å². The molecule has 1 aliphatic heterocycles. The second-order valence-corrected chi connectivity index (χ2v) is 7.64. The van der Waals surface area contributed by atoms with Crippen molar-refractivity contribution in [1.82, 2.24) is 10.2 Å². The van der Waals surface area contributed by atoms with Gasteiger partial charge in [0, 0.05) is 12.1 Å². The number of nitrogens with zero attached hydrogens (tertiary/aromatic N) is 1. The highest BCUT2D eigenvalue weighted by Gasteiger charge is 2.37. The molecule has 0 bridgehead atoms. The van der Waals surface area contributed by atoms with Gasteiger partial charge >= 0.3 is 6.03 Å². The van der Waals surface area contributed by atoms with E-state index in [4.69, 9.17) is 4.74 Å². The van der Waals surface area contributed by atoms with Crippen molar-refractivity contribution in [3.8, 4) is 5.75 Å². The molecule has 4 amide bonds. The number of carbonyl (C=O) groups excluding carboxylic acids is 3. The van der Waals surface area contributed by atoms with E-state index in [1.807, 2.05) is 36.4 Å². The molecule has 0 radical (unpaired) electrons. The van der Waals surface area contributed by atoms with Crippen LogP contribution in [0.1, 0.15) is 43.7 Å². The van der Waals surface area contributed by atoms with Gasteiger partial charge in [-0.3, -0.25) is 14.5 Å². The van der Waals surface area contributed by atoms with Gasteiger partial charge in [-0.05, 0) is 47.7 Å². The first kappa shape index (κ1) is 21.4. The summed E-state index contributed by atoms with van der Waals surface area (Å²) in [4.78, 5) is 38.2. The molecule has 1 saturated heterocycles. The number of anilines is 1. The molecule has 158 valence electrons. The predicted octanol–water partition coefficient (Wildman–Crippen LogP) is 3.66.